The third kappa shape index (κ3) is 8.73. The van der Waals surface area contributed by atoms with Crippen LogP contribution in [0.2, 0.25) is 4.55 Å². The summed E-state index contributed by atoms with van der Waals surface area (Å²) in [4.78, 5) is 0. The molecule has 2 heteroatoms. The summed E-state index contributed by atoms with van der Waals surface area (Å²) < 4.78 is 6.77. The van der Waals surface area contributed by atoms with E-state index in [1.165, 1.54) is 11.0 Å². The van der Waals surface area contributed by atoms with Crippen molar-refractivity contribution in [3.63, 3.8) is 0 Å². The molecule has 0 atom stereocenters. The predicted molar refractivity (Wildman–Crippen MR) is 41.6 cm³/mol. The van der Waals surface area contributed by atoms with Gasteiger partial charge < -0.3 is 3.17 Å². The molecule has 9 heavy (non-hydrogen) atoms. The van der Waals surface area contributed by atoms with Crippen LogP contribution in [0.1, 0.15) is 27.2 Å². The predicted octanol–water partition coefficient (Wildman–Crippen LogP) is 2.11. The zero-order valence-corrected chi connectivity index (χ0v) is 8.23. The van der Waals surface area contributed by atoms with Gasteiger partial charge in [-0.1, -0.05) is 26.7 Å². The van der Waals surface area contributed by atoms with E-state index in [9.17, 15) is 0 Å². The highest BCUT2D eigenvalue weighted by molar-refractivity contribution is 6.27. The molecular formula is C7H16MgO. The first-order chi connectivity index (χ1) is 4.27. The molecule has 0 aromatic rings. The molecule has 0 saturated heterocycles. The van der Waals surface area contributed by atoms with Crippen molar-refractivity contribution in [2.75, 3.05) is 6.61 Å². The van der Waals surface area contributed by atoms with E-state index in [1.807, 2.05) is 0 Å². The number of hydrogen-bond donors (Lipinski definition) is 0. The van der Waals surface area contributed by atoms with Crippen LogP contribution in [0, 0.1) is 5.92 Å². The van der Waals surface area contributed by atoms with Crippen LogP contribution in [0.25, 0.3) is 0 Å². The van der Waals surface area contributed by atoms with E-state index >= 15 is 0 Å². The van der Waals surface area contributed by atoms with Gasteiger partial charge in [-0.05, 0) is 6.42 Å². The van der Waals surface area contributed by atoms with Crippen LogP contribution in [-0.4, -0.2) is 27.4 Å². The van der Waals surface area contributed by atoms with Crippen LogP contribution in [0.3, 0.4) is 0 Å². The molecule has 0 unspecified atom stereocenters. The fourth-order valence-corrected chi connectivity index (χ4v) is 1.70. The molecule has 0 fully saturated rings. The zero-order chi connectivity index (χ0) is 7.11. The van der Waals surface area contributed by atoms with Crippen molar-refractivity contribution in [1.82, 2.24) is 0 Å². The molecule has 52 valence electrons. The maximum absolute atomic E-state index is 5.43. The molecule has 0 saturated carbocycles. The molecule has 0 N–H and O–H groups in total. The van der Waals surface area contributed by atoms with Gasteiger partial charge in [0.05, 0.1) is 0 Å². The molecule has 0 aliphatic heterocycles. The van der Waals surface area contributed by atoms with Crippen molar-refractivity contribution in [3.8, 4) is 0 Å². The van der Waals surface area contributed by atoms with E-state index in [1.54, 1.807) is 0 Å². The van der Waals surface area contributed by atoms with Crippen LogP contribution < -0.4 is 0 Å². The van der Waals surface area contributed by atoms with Gasteiger partial charge in [0.1, 0.15) is 0 Å². The summed E-state index contributed by atoms with van der Waals surface area (Å²) in [7, 11) is 0. The van der Waals surface area contributed by atoms with Crippen molar-refractivity contribution < 1.29 is 3.17 Å². The van der Waals surface area contributed by atoms with Crippen molar-refractivity contribution in [2.24, 2.45) is 5.92 Å². The molecule has 0 heterocycles. The van der Waals surface area contributed by atoms with Gasteiger partial charge in [-0.15, -0.1) is 4.55 Å². The Morgan fingerprint density at radius 3 is 2.56 bits per heavy atom. The minimum Gasteiger partial charge on any atom is -0.565 e. The van der Waals surface area contributed by atoms with Crippen molar-refractivity contribution in [2.45, 2.75) is 31.7 Å². The second-order valence-corrected chi connectivity index (χ2v) is 4.19. The number of hydrogen-bond acceptors (Lipinski definition) is 1. The third-order valence-corrected chi connectivity index (χ3v) is 3.16. The summed E-state index contributed by atoms with van der Waals surface area (Å²) >= 11 is -0.147. The largest absolute Gasteiger partial charge is 0.566 e. The smallest absolute Gasteiger partial charge is 0.565 e. The first kappa shape index (κ1) is 9.73. The average molecular weight is 141 g/mol. The fourth-order valence-electron chi connectivity index (χ4n) is 0.565. The Morgan fingerprint density at radius 2 is 2.11 bits per heavy atom. The lowest BCUT2D eigenvalue weighted by atomic mass is 10.3. The molecule has 0 radical (unpaired) electrons. The lowest BCUT2D eigenvalue weighted by Gasteiger charge is -2.02. The zero-order valence-electron chi connectivity index (χ0n) is 6.81. The first-order valence-corrected chi connectivity index (χ1v) is 5.42. The maximum atomic E-state index is 5.43. The summed E-state index contributed by atoms with van der Waals surface area (Å²) in [5.74, 6) is 0.841. The van der Waals surface area contributed by atoms with Crippen molar-refractivity contribution in [1.29, 1.82) is 0 Å². The second kappa shape index (κ2) is 6.84. The van der Waals surface area contributed by atoms with Gasteiger partial charge >= 0.3 is 20.8 Å². The summed E-state index contributed by atoms with van der Waals surface area (Å²) in [6.45, 7) is 7.65. The molecule has 0 rings (SSSR count). The van der Waals surface area contributed by atoms with E-state index in [0.29, 0.717) is 0 Å². The third-order valence-electron chi connectivity index (χ3n) is 1.19. The van der Waals surface area contributed by atoms with E-state index in [4.69, 9.17) is 3.17 Å². The van der Waals surface area contributed by atoms with Gasteiger partial charge in [-0.25, -0.2) is 0 Å². The van der Waals surface area contributed by atoms with E-state index in [2.05, 4.69) is 20.8 Å². The monoisotopic (exact) mass is 140 g/mol. The Labute approximate surface area is 68.4 Å². The lowest BCUT2D eigenvalue weighted by Crippen LogP contribution is -2.02. The van der Waals surface area contributed by atoms with Gasteiger partial charge in [-0.3, -0.25) is 0 Å². The van der Waals surface area contributed by atoms with Crippen LogP contribution in [-0.2, 0) is 3.17 Å². The molecule has 0 bridgehead atoms. The normalized spacial score (nSPS) is 9.78. The van der Waals surface area contributed by atoms with Crippen LogP contribution >= 0.6 is 0 Å². The standard InChI is InChI=1S/C4H9.C3H7O.Mg/c1-4(2)3;1-2-3-4;/h4H,1H2,2-3H3;2-3H2,1H3;/q;-1;+1. The van der Waals surface area contributed by atoms with Crippen LogP contribution in [0.5, 0.6) is 0 Å². The Morgan fingerprint density at radius 1 is 1.44 bits per heavy atom. The topological polar surface area (TPSA) is 9.23 Å². The van der Waals surface area contributed by atoms with E-state index in [0.717, 1.165) is 12.5 Å². The first-order valence-electron chi connectivity index (χ1n) is 3.85. The molecule has 0 aliphatic rings. The van der Waals surface area contributed by atoms with E-state index < -0.39 is 0 Å². The molecule has 0 spiro atoms. The van der Waals surface area contributed by atoms with Crippen molar-refractivity contribution in [3.05, 3.63) is 0 Å². The molecular weight excluding hydrogens is 124 g/mol. The van der Waals surface area contributed by atoms with Gasteiger partial charge in [0.15, 0.2) is 0 Å². The van der Waals surface area contributed by atoms with Crippen LogP contribution in [0.4, 0.5) is 0 Å². The number of rotatable bonds is 5. The molecule has 0 aliphatic carbocycles. The Balaban J connectivity index is 2.75. The Hall–Kier alpha value is 0.726. The van der Waals surface area contributed by atoms with E-state index in [-0.39, 0.29) is 20.8 Å². The molecule has 0 aromatic heterocycles. The minimum absolute atomic E-state index is 0.147. The minimum atomic E-state index is -0.147. The summed E-state index contributed by atoms with van der Waals surface area (Å²) in [5, 5.41) is 0. The maximum Gasteiger partial charge on any atom is 0.566 e. The highest BCUT2D eigenvalue weighted by atomic mass is 24.5. The van der Waals surface area contributed by atoms with Gasteiger partial charge in [-0.2, -0.15) is 0 Å². The molecule has 0 amide bonds. The van der Waals surface area contributed by atoms with Gasteiger partial charge in [0.25, 0.3) is 0 Å². The highest BCUT2D eigenvalue weighted by Crippen LogP contribution is 1.98. The Kier molecular flexibility index (Phi) is 7.39. The Bertz CT molecular complexity index is 54.9. The fraction of sp³-hybridized carbons (Fsp3) is 1.00. The van der Waals surface area contributed by atoms with Gasteiger partial charge in [0.2, 0.25) is 0 Å². The SMILES string of the molecule is CCC[O][Mg][CH2]C(C)C. The quantitative estimate of drug-likeness (QED) is 0.420. The second-order valence-electron chi connectivity index (χ2n) is 2.79. The highest BCUT2D eigenvalue weighted by Gasteiger charge is 1.99. The average Bonchev–Trinajstić information content (AvgIpc) is 1.80. The van der Waals surface area contributed by atoms with Crippen LogP contribution in [0.15, 0.2) is 0 Å². The molecule has 0 aromatic carbocycles. The summed E-state index contributed by atoms with van der Waals surface area (Å²) in [6.07, 6.45) is 1.17. The van der Waals surface area contributed by atoms with Crippen molar-refractivity contribution >= 4 is 20.8 Å². The molecule has 1 nitrogen and oxygen atoms in total. The summed E-state index contributed by atoms with van der Waals surface area (Å²) in [6, 6.07) is 0. The lowest BCUT2D eigenvalue weighted by molar-refractivity contribution is 0.332. The van der Waals surface area contributed by atoms with Gasteiger partial charge in [0, 0.05) is 6.61 Å². The summed E-state index contributed by atoms with van der Waals surface area (Å²) in [5.41, 5.74) is 0.